The van der Waals surface area contributed by atoms with E-state index in [2.05, 4.69) is 0 Å². The average Bonchev–Trinajstić information content (AvgIpc) is 2.14. The zero-order valence-corrected chi connectivity index (χ0v) is 10.1. The van der Waals surface area contributed by atoms with Gasteiger partial charge in [-0.2, -0.15) is 0 Å². The quantitative estimate of drug-likeness (QED) is 0.681. The van der Waals surface area contributed by atoms with Crippen LogP contribution in [0.4, 0.5) is 0 Å². The third kappa shape index (κ3) is 5.52. The van der Waals surface area contributed by atoms with E-state index < -0.39 is 0 Å². The number of Topliss-reactive ketones (excluding diaryl/α,β-unsaturated/α-hetero) is 1. The van der Waals surface area contributed by atoms with Gasteiger partial charge in [-0.15, -0.1) is 0 Å². The van der Waals surface area contributed by atoms with Gasteiger partial charge in [0.15, 0.2) is 0 Å². The van der Waals surface area contributed by atoms with Crippen LogP contribution in [-0.4, -0.2) is 35.7 Å². The number of amides is 1. The molecule has 2 N–H and O–H groups in total. The topological polar surface area (TPSA) is 63.4 Å². The van der Waals surface area contributed by atoms with E-state index >= 15 is 0 Å². The lowest BCUT2D eigenvalue weighted by molar-refractivity contribution is -0.125. The molecule has 88 valence electrons. The maximum Gasteiger partial charge on any atom is 0.231 e. The van der Waals surface area contributed by atoms with Gasteiger partial charge >= 0.3 is 0 Å². The molecule has 15 heavy (non-hydrogen) atoms. The number of rotatable bonds is 7. The molecule has 0 saturated carbocycles. The summed E-state index contributed by atoms with van der Waals surface area (Å²) in [6, 6.07) is 0.158. The Bertz CT molecular complexity index is 227. The Hall–Kier alpha value is -0.900. The number of hydrogen-bond donors (Lipinski definition) is 1. The minimum Gasteiger partial charge on any atom is -0.369 e. The van der Waals surface area contributed by atoms with Gasteiger partial charge in [0.1, 0.15) is 5.78 Å². The van der Waals surface area contributed by atoms with Gasteiger partial charge in [0, 0.05) is 12.0 Å². The van der Waals surface area contributed by atoms with Crippen molar-refractivity contribution in [1.29, 1.82) is 0 Å². The maximum atomic E-state index is 11.7. The van der Waals surface area contributed by atoms with Gasteiger partial charge in [-0.05, 0) is 20.3 Å². The predicted molar refractivity (Wildman–Crippen MR) is 60.4 cm³/mol. The second kappa shape index (κ2) is 6.56. The summed E-state index contributed by atoms with van der Waals surface area (Å²) in [5.74, 6) is -0.160. The number of carbonyl (C=O) groups is 2. The molecule has 0 fully saturated rings. The van der Waals surface area contributed by atoms with Crippen LogP contribution >= 0.6 is 0 Å². The summed E-state index contributed by atoms with van der Waals surface area (Å²) in [7, 11) is 0. The van der Waals surface area contributed by atoms with Crippen molar-refractivity contribution in [2.24, 2.45) is 11.7 Å². The summed E-state index contributed by atoms with van der Waals surface area (Å²) >= 11 is 0. The van der Waals surface area contributed by atoms with Gasteiger partial charge in [0.25, 0.3) is 0 Å². The molecule has 1 unspecified atom stereocenters. The van der Waals surface area contributed by atoms with E-state index in [1.165, 1.54) is 0 Å². The van der Waals surface area contributed by atoms with Crippen LogP contribution in [0.15, 0.2) is 0 Å². The molecule has 1 amide bonds. The molecule has 1 atom stereocenters. The molecule has 4 nitrogen and oxygen atoms in total. The van der Waals surface area contributed by atoms with Crippen LogP contribution in [0.1, 0.15) is 34.1 Å². The van der Waals surface area contributed by atoms with Crippen LogP contribution in [-0.2, 0) is 9.59 Å². The molecule has 4 heteroatoms. The van der Waals surface area contributed by atoms with Crippen molar-refractivity contribution in [3.63, 3.8) is 0 Å². The van der Waals surface area contributed by atoms with Gasteiger partial charge in [-0.25, -0.2) is 0 Å². The summed E-state index contributed by atoms with van der Waals surface area (Å²) < 4.78 is 0. The van der Waals surface area contributed by atoms with E-state index in [0.717, 1.165) is 6.42 Å². The Labute approximate surface area is 91.8 Å². The number of ketones is 1. The SMILES string of the molecule is CCC(C)C(=O)CN(CC(N)=O)C(C)C. The zero-order chi connectivity index (χ0) is 12.0. The lowest BCUT2D eigenvalue weighted by Gasteiger charge is -2.25. The van der Waals surface area contributed by atoms with E-state index in [1.807, 2.05) is 27.7 Å². The molecular weight excluding hydrogens is 192 g/mol. The lowest BCUT2D eigenvalue weighted by Crippen LogP contribution is -2.42. The summed E-state index contributed by atoms with van der Waals surface area (Å²) in [6.07, 6.45) is 0.835. The summed E-state index contributed by atoms with van der Waals surface area (Å²) in [4.78, 5) is 24.3. The first kappa shape index (κ1) is 14.1. The Morgan fingerprint density at radius 1 is 1.20 bits per heavy atom. The fraction of sp³-hybridized carbons (Fsp3) is 0.818. The van der Waals surface area contributed by atoms with Crippen LogP contribution in [0.2, 0.25) is 0 Å². The molecular formula is C11H22N2O2. The smallest absolute Gasteiger partial charge is 0.231 e. The third-order valence-electron chi connectivity index (χ3n) is 2.61. The van der Waals surface area contributed by atoms with E-state index in [1.54, 1.807) is 4.90 Å². The standard InChI is InChI=1S/C11H22N2O2/c1-5-9(4)10(14)6-13(8(2)3)7-11(12)15/h8-9H,5-7H2,1-4H3,(H2,12,15). The first-order valence-corrected chi connectivity index (χ1v) is 5.43. The van der Waals surface area contributed by atoms with E-state index in [4.69, 9.17) is 5.73 Å². The Kier molecular flexibility index (Phi) is 6.17. The van der Waals surface area contributed by atoms with Crippen LogP contribution in [0.25, 0.3) is 0 Å². The molecule has 0 aliphatic heterocycles. The minimum absolute atomic E-state index is 0.0547. The summed E-state index contributed by atoms with van der Waals surface area (Å²) in [6.45, 7) is 8.26. The number of nitrogens with two attached hydrogens (primary N) is 1. The molecule has 0 aliphatic carbocycles. The van der Waals surface area contributed by atoms with Crippen LogP contribution in [0, 0.1) is 5.92 Å². The molecule has 0 heterocycles. The van der Waals surface area contributed by atoms with Crippen LogP contribution in [0.3, 0.4) is 0 Å². The van der Waals surface area contributed by atoms with E-state index in [0.29, 0.717) is 6.54 Å². The van der Waals surface area contributed by atoms with E-state index in [9.17, 15) is 9.59 Å². The second-order valence-electron chi connectivity index (χ2n) is 4.24. The van der Waals surface area contributed by atoms with Gasteiger partial charge in [0.2, 0.25) is 5.91 Å². The fourth-order valence-corrected chi connectivity index (χ4v) is 1.20. The molecule has 0 saturated heterocycles. The van der Waals surface area contributed by atoms with Crippen molar-refractivity contribution in [1.82, 2.24) is 4.90 Å². The number of nitrogens with zero attached hydrogens (tertiary/aromatic N) is 1. The normalized spacial score (nSPS) is 13.2. The van der Waals surface area contributed by atoms with Crippen molar-refractivity contribution in [3.05, 3.63) is 0 Å². The molecule has 0 aromatic carbocycles. The van der Waals surface area contributed by atoms with Gasteiger partial charge in [0.05, 0.1) is 13.1 Å². The molecule has 0 aromatic heterocycles. The highest BCUT2D eigenvalue weighted by atomic mass is 16.1. The summed E-state index contributed by atoms with van der Waals surface area (Å²) in [5.41, 5.74) is 5.12. The lowest BCUT2D eigenvalue weighted by atomic mass is 10.0. The molecule has 0 bridgehead atoms. The van der Waals surface area contributed by atoms with Crippen molar-refractivity contribution < 1.29 is 9.59 Å². The number of carbonyl (C=O) groups excluding carboxylic acids is 2. The van der Waals surface area contributed by atoms with Crippen LogP contribution < -0.4 is 5.73 Å². The second-order valence-corrected chi connectivity index (χ2v) is 4.24. The minimum atomic E-state index is -0.388. The molecule has 0 aromatic rings. The van der Waals surface area contributed by atoms with Crippen molar-refractivity contribution in [2.75, 3.05) is 13.1 Å². The highest BCUT2D eigenvalue weighted by Gasteiger charge is 2.18. The highest BCUT2D eigenvalue weighted by molar-refractivity contribution is 5.83. The van der Waals surface area contributed by atoms with Crippen LogP contribution in [0.5, 0.6) is 0 Å². The Balaban J connectivity index is 4.28. The Morgan fingerprint density at radius 2 is 1.73 bits per heavy atom. The molecule has 0 radical (unpaired) electrons. The van der Waals surface area contributed by atoms with E-state index in [-0.39, 0.29) is 30.2 Å². The molecule has 0 spiro atoms. The number of primary amides is 1. The van der Waals surface area contributed by atoms with Gasteiger partial charge < -0.3 is 5.73 Å². The summed E-state index contributed by atoms with van der Waals surface area (Å²) in [5, 5.41) is 0. The average molecular weight is 214 g/mol. The predicted octanol–water partition coefficient (Wildman–Crippen LogP) is 0.797. The highest BCUT2D eigenvalue weighted by Crippen LogP contribution is 2.06. The number of hydrogen-bond acceptors (Lipinski definition) is 3. The fourth-order valence-electron chi connectivity index (χ4n) is 1.20. The van der Waals surface area contributed by atoms with Crippen molar-refractivity contribution in [2.45, 2.75) is 40.2 Å². The Morgan fingerprint density at radius 3 is 2.07 bits per heavy atom. The van der Waals surface area contributed by atoms with Crippen molar-refractivity contribution >= 4 is 11.7 Å². The largest absolute Gasteiger partial charge is 0.369 e. The maximum absolute atomic E-state index is 11.7. The van der Waals surface area contributed by atoms with Gasteiger partial charge in [-0.3, -0.25) is 14.5 Å². The van der Waals surface area contributed by atoms with Crippen molar-refractivity contribution in [3.8, 4) is 0 Å². The zero-order valence-electron chi connectivity index (χ0n) is 10.1. The first-order valence-electron chi connectivity index (χ1n) is 5.43. The molecule has 0 aliphatic rings. The first-order chi connectivity index (χ1) is 6.88. The van der Waals surface area contributed by atoms with Gasteiger partial charge in [-0.1, -0.05) is 13.8 Å². The monoisotopic (exact) mass is 214 g/mol. The third-order valence-corrected chi connectivity index (χ3v) is 2.61. The molecule has 0 rings (SSSR count).